The van der Waals surface area contributed by atoms with E-state index in [1.54, 1.807) is 12.1 Å². The second kappa shape index (κ2) is 4.88. The number of fused-ring (bicyclic) bond motifs is 1. The molecule has 4 heteroatoms. The molecule has 2 aromatic carbocycles. The maximum absolute atomic E-state index is 13.7. The maximum Gasteiger partial charge on any atom is 0.126 e. The summed E-state index contributed by atoms with van der Waals surface area (Å²) in [7, 11) is 0. The first kappa shape index (κ1) is 12.4. The molecule has 21 heavy (non-hydrogen) atoms. The van der Waals surface area contributed by atoms with Gasteiger partial charge >= 0.3 is 0 Å². The van der Waals surface area contributed by atoms with Crippen molar-refractivity contribution in [3.8, 4) is 0 Å². The van der Waals surface area contributed by atoms with Crippen LogP contribution in [0.2, 0.25) is 0 Å². The molecule has 1 heterocycles. The van der Waals surface area contributed by atoms with Crippen molar-refractivity contribution in [2.24, 2.45) is 0 Å². The van der Waals surface area contributed by atoms with Crippen LogP contribution < -0.4 is 5.32 Å². The molecule has 1 fully saturated rings. The molecular formula is C17H16FN3. The van der Waals surface area contributed by atoms with Crippen LogP contribution in [0, 0.1) is 5.82 Å². The lowest BCUT2D eigenvalue weighted by Gasteiger charge is -2.37. The Morgan fingerprint density at radius 3 is 2.86 bits per heavy atom. The Hall–Kier alpha value is -2.36. The Labute approximate surface area is 122 Å². The van der Waals surface area contributed by atoms with Gasteiger partial charge in [0, 0.05) is 17.1 Å². The van der Waals surface area contributed by atoms with Crippen molar-refractivity contribution in [3.63, 3.8) is 0 Å². The van der Waals surface area contributed by atoms with E-state index in [1.165, 1.54) is 0 Å². The summed E-state index contributed by atoms with van der Waals surface area (Å²) in [5.74, 6) is 0.249. The van der Waals surface area contributed by atoms with Gasteiger partial charge < -0.3 is 5.32 Å². The van der Waals surface area contributed by atoms with Gasteiger partial charge in [-0.05, 0) is 48.6 Å². The van der Waals surface area contributed by atoms with E-state index in [1.807, 2.05) is 24.4 Å². The van der Waals surface area contributed by atoms with Crippen LogP contribution in [0.25, 0.3) is 10.9 Å². The molecule has 0 spiro atoms. The highest BCUT2D eigenvalue weighted by atomic mass is 19.1. The molecule has 2 N–H and O–H groups in total. The van der Waals surface area contributed by atoms with Crippen LogP contribution in [-0.4, -0.2) is 16.2 Å². The Kier molecular flexibility index (Phi) is 2.88. The summed E-state index contributed by atoms with van der Waals surface area (Å²) >= 11 is 0. The molecular weight excluding hydrogens is 265 g/mol. The Morgan fingerprint density at radius 2 is 2.00 bits per heavy atom. The number of nitrogens with one attached hydrogen (secondary N) is 2. The first-order valence-electron chi connectivity index (χ1n) is 7.24. The van der Waals surface area contributed by atoms with E-state index in [4.69, 9.17) is 0 Å². The standard InChI is InChI=1S/C17H16FN3/c18-16-4-2-1-3-15(16)12-7-14(8-12)20-13-6-5-11-10-19-21-17(11)9-13/h1-6,9-10,12,14,20H,7-8H2,(H,19,21). The fourth-order valence-corrected chi connectivity index (χ4v) is 3.06. The highest BCUT2D eigenvalue weighted by Gasteiger charge is 2.31. The normalized spacial score (nSPS) is 21.2. The molecule has 3 aromatic rings. The van der Waals surface area contributed by atoms with Gasteiger partial charge in [-0.2, -0.15) is 5.10 Å². The summed E-state index contributed by atoms with van der Waals surface area (Å²) in [5, 5.41) is 11.6. The van der Waals surface area contributed by atoms with Gasteiger partial charge in [-0.3, -0.25) is 5.10 Å². The number of aromatic nitrogens is 2. The minimum atomic E-state index is -0.0835. The third-order valence-electron chi connectivity index (χ3n) is 4.30. The first-order chi connectivity index (χ1) is 10.3. The predicted octanol–water partition coefficient (Wildman–Crippen LogP) is 4.06. The lowest BCUT2D eigenvalue weighted by Crippen LogP contribution is -2.34. The second-order valence-electron chi connectivity index (χ2n) is 5.70. The van der Waals surface area contributed by atoms with E-state index in [9.17, 15) is 4.39 Å². The van der Waals surface area contributed by atoms with Crippen molar-refractivity contribution in [3.05, 3.63) is 60.0 Å². The average molecular weight is 281 g/mol. The predicted molar refractivity (Wildman–Crippen MR) is 81.9 cm³/mol. The largest absolute Gasteiger partial charge is 0.382 e. The van der Waals surface area contributed by atoms with E-state index >= 15 is 0 Å². The molecule has 3 nitrogen and oxygen atoms in total. The highest BCUT2D eigenvalue weighted by molar-refractivity contribution is 5.81. The van der Waals surface area contributed by atoms with E-state index in [0.717, 1.165) is 35.0 Å². The minimum absolute atomic E-state index is 0.0835. The molecule has 0 atom stereocenters. The fraction of sp³-hybridized carbons (Fsp3) is 0.235. The monoisotopic (exact) mass is 281 g/mol. The minimum Gasteiger partial charge on any atom is -0.382 e. The molecule has 0 amide bonds. The first-order valence-corrected chi connectivity index (χ1v) is 7.24. The summed E-state index contributed by atoms with van der Waals surface area (Å²) in [5.41, 5.74) is 2.97. The van der Waals surface area contributed by atoms with Crippen LogP contribution in [0.15, 0.2) is 48.7 Å². The van der Waals surface area contributed by atoms with Gasteiger partial charge in [0.05, 0.1) is 11.7 Å². The zero-order valence-corrected chi connectivity index (χ0v) is 11.5. The number of hydrogen-bond donors (Lipinski definition) is 2. The third-order valence-corrected chi connectivity index (χ3v) is 4.30. The van der Waals surface area contributed by atoms with Crippen molar-refractivity contribution < 1.29 is 4.39 Å². The van der Waals surface area contributed by atoms with Crippen molar-refractivity contribution >= 4 is 16.6 Å². The Morgan fingerprint density at radius 1 is 1.14 bits per heavy atom. The fourth-order valence-electron chi connectivity index (χ4n) is 3.06. The topological polar surface area (TPSA) is 40.7 Å². The van der Waals surface area contributed by atoms with Gasteiger partial charge in [-0.15, -0.1) is 0 Å². The van der Waals surface area contributed by atoms with Crippen molar-refractivity contribution in [1.29, 1.82) is 0 Å². The van der Waals surface area contributed by atoms with E-state index in [0.29, 0.717) is 12.0 Å². The number of anilines is 1. The van der Waals surface area contributed by atoms with Gasteiger partial charge in [-0.25, -0.2) is 4.39 Å². The van der Waals surface area contributed by atoms with Crippen molar-refractivity contribution in [2.45, 2.75) is 24.8 Å². The van der Waals surface area contributed by atoms with Crippen LogP contribution in [0.1, 0.15) is 24.3 Å². The van der Waals surface area contributed by atoms with Gasteiger partial charge in [0.25, 0.3) is 0 Å². The zero-order chi connectivity index (χ0) is 14.2. The summed E-state index contributed by atoms with van der Waals surface area (Å²) in [6, 6.07) is 13.7. The molecule has 0 aliphatic heterocycles. The SMILES string of the molecule is Fc1ccccc1C1CC(Nc2ccc3cn[nH]c3c2)C1. The van der Waals surface area contributed by atoms with Gasteiger partial charge in [0.1, 0.15) is 5.82 Å². The molecule has 0 saturated heterocycles. The molecule has 1 aliphatic rings. The molecule has 0 unspecified atom stereocenters. The van der Waals surface area contributed by atoms with Crippen LogP contribution in [0.4, 0.5) is 10.1 Å². The number of nitrogens with zero attached hydrogens (tertiary/aromatic N) is 1. The number of hydrogen-bond acceptors (Lipinski definition) is 2. The van der Waals surface area contributed by atoms with Crippen molar-refractivity contribution in [1.82, 2.24) is 10.2 Å². The van der Waals surface area contributed by atoms with E-state index in [2.05, 4.69) is 27.6 Å². The summed E-state index contributed by atoms with van der Waals surface area (Å²) in [4.78, 5) is 0. The van der Waals surface area contributed by atoms with Crippen LogP contribution in [0.5, 0.6) is 0 Å². The number of rotatable bonds is 3. The maximum atomic E-state index is 13.7. The molecule has 4 rings (SSSR count). The number of aromatic amines is 1. The number of benzene rings is 2. The molecule has 106 valence electrons. The van der Waals surface area contributed by atoms with Gasteiger partial charge in [-0.1, -0.05) is 18.2 Å². The quantitative estimate of drug-likeness (QED) is 0.760. The lowest BCUT2D eigenvalue weighted by atomic mass is 9.75. The second-order valence-corrected chi connectivity index (χ2v) is 5.70. The van der Waals surface area contributed by atoms with Gasteiger partial charge in [0.2, 0.25) is 0 Å². The van der Waals surface area contributed by atoms with Gasteiger partial charge in [0.15, 0.2) is 0 Å². The molecule has 1 saturated carbocycles. The molecule has 1 aromatic heterocycles. The lowest BCUT2D eigenvalue weighted by molar-refractivity contribution is 0.363. The smallest absolute Gasteiger partial charge is 0.126 e. The van der Waals surface area contributed by atoms with E-state index in [-0.39, 0.29) is 5.82 Å². The average Bonchev–Trinajstić information content (AvgIpc) is 2.91. The Balaban J connectivity index is 1.43. The summed E-state index contributed by atoms with van der Waals surface area (Å²) < 4.78 is 13.7. The number of halogens is 1. The van der Waals surface area contributed by atoms with Crippen LogP contribution in [0.3, 0.4) is 0 Å². The molecule has 0 bridgehead atoms. The highest BCUT2D eigenvalue weighted by Crippen LogP contribution is 2.39. The Bertz CT molecular complexity index is 774. The third kappa shape index (κ3) is 2.27. The van der Waals surface area contributed by atoms with Crippen LogP contribution in [-0.2, 0) is 0 Å². The summed E-state index contributed by atoms with van der Waals surface area (Å²) in [6.45, 7) is 0. The van der Waals surface area contributed by atoms with E-state index < -0.39 is 0 Å². The molecule has 0 radical (unpaired) electrons. The summed E-state index contributed by atoms with van der Waals surface area (Å²) in [6.07, 6.45) is 3.76. The van der Waals surface area contributed by atoms with Crippen molar-refractivity contribution in [2.75, 3.05) is 5.32 Å². The molecule has 1 aliphatic carbocycles. The van der Waals surface area contributed by atoms with Crippen LogP contribution >= 0.6 is 0 Å². The number of H-pyrrole nitrogens is 1. The zero-order valence-electron chi connectivity index (χ0n) is 11.5.